The lowest BCUT2D eigenvalue weighted by Crippen LogP contribution is -2.38. The van der Waals surface area contributed by atoms with Crippen LogP contribution in [-0.4, -0.2) is 47.4 Å². The first-order valence-electron chi connectivity index (χ1n) is 11.8. The third-order valence-corrected chi connectivity index (χ3v) is 8.06. The molecule has 0 unspecified atom stereocenters. The number of ether oxygens (including phenoxy) is 1. The first kappa shape index (κ1) is 22.2. The van der Waals surface area contributed by atoms with E-state index in [4.69, 9.17) is 4.74 Å². The summed E-state index contributed by atoms with van der Waals surface area (Å²) in [5.41, 5.74) is 4.21. The number of benzene rings is 2. The number of hydrogen-bond donors (Lipinski definition) is 1. The van der Waals surface area contributed by atoms with Crippen LogP contribution in [0, 0.1) is 0 Å². The molecule has 0 atom stereocenters. The molecule has 1 amide bonds. The minimum Gasteiger partial charge on any atom is -0.508 e. The van der Waals surface area contributed by atoms with Gasteiger partial charge in [0.25, 0.3) is 5.91 Å². The fraction of sp³-hybridized carbons (Fsp3) is 0.407. The van der Waals surface area contributed by atoms with E-state index >= 15 is 0 Å². The van der Waals surface area contributed by atoms with Crippen LogP contribution < -0.4 is 0 Å². The van der Waals surface area contributed by atoms with Gasteiger partial charge in [-0.3, -0.25) is 4.79 Å². The lowest BCUT2D eigenvalue weighted by molar-refractivity contribution is -0.113. The van der Waals surface area contributed by atoms with Gasteiger partial charge in [-0.15, -0.1) is 0 Å². The molecule has 2 aromatic rings. The summed E-state index contributed by atoms with van der Waals surface area (Å²) in [5, 5.41) is 11.4. The average Bonchev–Trinajstić information content (AvgIpc) is 3.20. The van der Waals surface area contributed by atoms with E-state index in [-0.39, 0.29) is 11.3 Å². The minimum absolute atomic E-state index is 0.0259. The summed E-state index contributed by atoms with van der Waals surface area (Å²) >= 11 is 1.44. The molecule has 2 fully saturated rings. The van der Waals surface area contributed by atoms with Gasteiger partial charge in [-0.25, -0.2) is 0 Å². The number of carbonyl (C=O) groups is 1. The van der Waals surface area contributed by atoms with Crippen LogP contribution in [0.15, 0.2) is 52.4 Å². The van der Waals surface area contributed by atoms with Gasteiger partial charge in [0.05, 0.1) is 18.1 Å². The molecule has 6 heteroatoms. The molecule has 2 aromatic carbocycles. The predicted octanol–water partition coefficient (Wildman–Crippen LogP) is 5.58. The fourth-order valence-corrected chi connectivity index (χ4v) is 6.01. The molecular weight excluding hydrogens is 432 g/mol. The third kappa shape index (κ3) is 4.73. The monoisotopic (exact) mass is 462 g/mol. The van der Waals surface area contributed by atoms with E-state index in [1.54, 1.807) is 0 Å². The van der Waals surface area contributed by atoms with Crippen LogP contribution in [0.2, 0.25) is 0 Å². The number of morpholine rings is 1. The fourth-order valence-electron chi connectivity index (χ4n) is 5.05. The molecule has 0 spiro atoms. The van der Waals surface area contributed by atoms with E-state index in [2.05, 4.69) is 35.0 Å². The Labute approximate surface area is 199 Å². The lowest BCUT2D eigenvalue weighted by atomic mass is 9.70. The molecule has 33 heavy (non-hydrogen) atoms. The summed E-state index contributed by atoms with van der Waals surface area (Å²) in [6, 6.07) is 14.2. The van der Waals surface area contributed by atoms with Gasteiger partial charge in [0.1, 0.15) is 5.75 Å². The highest BCUT2D eigenvalue weighted by atomic mass is 32.2. The largest absolute Gasteiger partial charge is 0.508 e. The number of aromatic hydroxyl groups is 1. The van der Waals surface area contributed by atoms with Crippen molar-refractivity contribution in [1.29, 1.82) is 0 Å². The summed E-state index contributed by atoms with van der Waals surface area (Å²) < 4.78 is 5.40. The Morgan fingerprint density at radius 3 is 2.61 bits per heavy atom. The van der Waals surface area contributed by atoms with Crippen molar-refractivity contribution in [3.05, 3.63) is 58.5 Å². The van der Waals surface area contributed by atoms with Crippen molar-refractivity contribution in [3.63, 3.8) is 0 Å². The van der Waals surface area contributed by atoms with Gasteiger partial charge in [0.2, 0.25) is 0 Å². The van der Waals surface area contributed by atoms with E-state index in [1.807, 2.05) is 30.3 Å². The molecule has 1 aliphatic carbocycles. The maximum atomic E-state index is 12.5. The topological polar surface area (TPSA) is 62.1 Å². The van der Waals surface area contributed by atoms with Gasteiger partial charge in [0.15, 0.2) is 5.17 Å². The quantitative estimate of drug-likeness (QED) is 0.603. The van der Waals surface area contributed by atoms with Gasteiger partial charge in [-0.1, -0.05) is 50.5 Å². The Morgan fingerprint density at radius 2 is 1.82 bits per heavy atom. The summed E-state index contributed by atoms with van der Waals surface area (Å²) in [5.74, 6) is 0.214. The summed E-state index contributed by atoms with van der Waals surface area (Å²) in [4.78, 5) is 19.5. The predicted molar refractivity (Wildman–Crippen MR) is 134 cm³/mol. The van der Waals surface area contributed by atoms with E-state index in [1.165, 1.54) is 31.0 Å². The van der Waals surface area contributed by atoms with E-state index in [9.17, 15) is 9.90 Å². The molecule has 2 heterocycles. The van der Waals surface area contributed by atoms with Crippen molar-refractivity contribution < 1.29 is 14.6 Å². The molecule has 1 saturated carbocycles. The molecule has 3 aliphatic rings. The number of nitrogens with zero attached hydrogens (tertiary/aromatic N) is 2. The molecule has 5 nitrogen and oxygen atoms in total. The maximum Gasteiger partial charge on any atom is 0.286 e. The van der Waals surface area contributed by atoms with E-state index < -0.39 is 0 Å². The highest BCUT2D eigenvalue weighted by Crippen LogP contribution is 2.44. The van der Waals surface area contributed by atoms with Crippen molar-refractivity contribution in [2.75, 3.05) is 26.3 Å². The molecule has 172 valence electrons. The number of phenols is 1. The highest BCUT2D eigenvalue weighted by Gasteiger charge is 2.31. The molecule has 5 rings (SSSR count). The number of amidine groups is 1. The van der Waals surface area contributed by atoms with Gasteiger partial charge >= 0.3 is 0 Å². The normalized spacial score (nSPS) is 22.0. The Morgan fingerprint density at radius 1 is 1.06 bits per heavy atom. The molecule has 1 saturated heterocycles. The van der Waals surface area contributed by atoms with Crippen LogP contribution in [0.1, 0.15) is 50.2 Å². The van der Waals surface area contributed by atoms with Gasteiger partial charge < -0.3 is 14.7 Å². The van der Waals surface area contributed by atoms with E-state index in [0.717, 1.165) is 53.4 Å². The number of hydrogen-bond acceptors (Lipinski definition) is 5. The molecule has 2 aliphatic heterocycles. The van der Waals surface area contributed by atoms with Crippen molar-refractivity contribution in [3.8, 4) is 16.9 Å². The second-order valence-corrected chi connectivity index (χ2v) is 10.4. The van der Waals surface area contributed by atoms with Gasteiger partial charge in [0, 0.05) is 18.7 Å². The van der Waals surface area contributed by atoms with Crippen LogP contribution in [0.5, 0.6) is 5.75 Å². The number of carbonyl (C=O) groups excluding carboxylic acids is 1. The summed E-state index contributed by atoms with van der Waals surface area (Å²) in [6.07, 6.45) is 7.85. The Kier molecular flexibility index (Phi) is 6.30. The Hall–Kier alpha value is -2.57. The number of aliphatic imine (C=N–C) groups is 1. The lowest BCUT2D eigenvalue weighted by Gasteiger charge is -2.34. The number of thioether (sulfide) groups is 1. The van der Waals surface area contributed by atoms with Crippen LogP contribution in [-0.2, 0) is 14.9 Å². The van der Waals surface area contributed by atoms with Crippen molar-refractivity contribution in [2.45, 2.75) is 44.4 Å². The van der Waals surface area contributed by atoms with Crippen molar-refractivity contribution >= 4 is 28.9 Å². The number of phenolic OH excluding ortho intramolecular Hbond substituents is 1. The SMILES string of the molecule is CC1(c2cc(-c3cccc(/C=C4/SC(N5CCOCC5)=NC4=O)c3)ccc2O)CCCCC1. The molecular formula is C27H30N2O3S. The maximum absolute atomic E-state index is 12.5. The van der Waals surface area contributed by atoms with E-state index in [0.29, 0.717) is 23.9 Å². The Bertz CT molecular complexity index is 1110. The zero-order valence-corrected chi connectivity index (χ0v) is 19.9. The zero-order chi connectivity index (χ0) is 22.8. The first-order chi connectivity index (χ1) is 16.0. The zero-order valence-electron chi connectivity index (χ0n) is 19.0. The minimum atomic E-state index is -0.177. The second-order valence-electron chi connectivity index (χ2n) is 9.39. The standard InChI is InChI=1S/C27H30N2O3S/c1-27(10-3-2-4-11-27)22-18-21(8-9-23(22)30)20-7-5-6-19(16-20)17-24-25(31)28-26(33-24)29-12-14-32-15-13-29/h5-9,16-18,30H,2-4,10-15H2,1H3/b24-17+. The van der Waals surface area contributed by atoms with Crippen LogP contribution >= 0.6 is 11.8 Å². The molecule has 0 aromatic heterocycles. The van der Waals surface area contributed by atoms with Crippen LogP contribution in [0.4, 0.5) is 0 Å². The average molecular weight is 463 g/mol. The van der Waals surface area contributed by atoms with Crippen LogP contribution in [0.25, 0.3) is 17.2 Å². The molecule has 0 bridgehead atoms. The van der Waals surface area contributed by atoms with Gasteiger partial charge in [-0.05, 0) is 71.0 Å². The number of rotatable bonds is 3. The number of amides is 1. The van der Waals surface area contributed by atoms with Crippen LogP contribution in [0.3, 0.4) is 0 Å². The summed E-state index contributed by atoms with van der Waals surface area (Å²) in [7, 11) is 0. The van der Waals surface area contributed by atoms with Crippen molar-refractivity contribution in [2.24, 2.45) is 4.99 Å². The summed E-state index contributed by atoms with van der Waals surface area (Å²) in [6.45, 7) is 5.15. The molecule has 0 radical (unpaired) electrons. The Balaban J connectivity index is 1.39. The molecule has 1 N–H and O–H groups in total. The highest BCUT2D eigenvalue weighted by molar-refractivity contribution is 8.18. The second kappa shape index (κ2) is 9.35. The first-order valence-corrected chi connectivity index (χ1v) is 12.6. The van der Waals surface area contributed by atoms with Crippen molar-refractivity contribution in [1.82, 2.24) is 4.90 Å². The third-order valence-electron chi connectivity index (χ3n) is 7.01. The van der Waals surface area contributed by atoms with Gasteiger partial charge in [-0.2, -0.15) is 4.99 Å². The smallest absolute Gasteiger partial charge is 0.286 e.